The van der Waals surface area contributed by atoms with Gasteiger partial charge in [0.15, 0.2) is 0 Å². The number of benzene rings is 1. The number of hydrogen-bond acceptors (Lipinski definition) is 2. The molecule has 1 aromatic rings. The summed E-state index contributed by atoms with van der Waals surface area (Å²) in [6.07, 6.45) is 2.74. The van der Waals surface area contributed by atoms with Crippen LogP contribution in [0, 0.1) is 5.41 Å². The van der Waals surface area contributed by atoms with Crippen molar-refractivity contribution in [2.24, 2.45) is 5.41 Å². The highest BCUT2D eigenvalue weighted by atomic mass is 35.5. The second-order valence-corrected chi connectivity index (χ2v) is 5.49. The molecule has 1 aliphatic carbocycles. The van der Waals surface area contributed by atoms with Crippen LogP contribution in [0.2, 0.25) is 0 Å². The Bertz CT molecular complexity index is 374. The molecule has 1 atom stereocenters. The van der Waals surface area contributed by atoms with Crippen LogP contribution in [0.1, 0.15) is 32.3 Å². The van der Waals surface area contributed by atoms with Gasteiger partial charge in [-0.15, -0.1) is 12.4 Å². The van der Waals surface area contributed by atoms with Gasteiger partial charge in [-0.2, -0.15) is 0 Å². The molecular formula is C14H23ClN2. The zero-order valence-corrected chi connectivity index (χ0v) is 11.8. The highest BCUT2D eigenvalue weighted by Gasteiger charge is 2.43. The minimum absolute atomic E-state index is 0. The molecule has 2 N–H and O–H groups in total. The zero-order valence-electron chi connectivity index (χ0n) is 10.9. The molecule has 2 rings (SSSR count). The maximum absolute atomic E-state index is 5.79. The van der Waals surface area contributed by atoms with E-state index < -0.39 is 0 Å². The first-order valence-corrected chi connectivity index (χ1v) is 6.06. The second kappa shape index (κ2) is 5.28. The second-order valence-electron chi connectivity index (χ2n) is 5.49. The van der Waals surface area contributed by atoms with E-state index in [1.807, 2.05) is 12.1 Å². The van der Waals surface area contributed by atoms with E-state index in [0.29, 0.717) is 11.5 Å². The summed E-state index contributed by atoms with van der Waals surface area (Å²) in [4.78, 5) is 2.43. The van der Waals surface area contributed by atoms with Gasteiger partial charge in [0, 0.05) is 18.3 Å². The minimum Gasteiger partial charge on any atom is -0.399 e. The van der Waals surface area contributed by atoms with E-state index in [1.165, 1.54) is 18.4 Å². The lowest BCUT2D eigenvalue weighted by molar-refractivity contribution is 0.178. The molecule has 0 spiro atoms. The number of nitrogens with zero attached hydrogens (tertiary/aromatic N) is 1. The molecule has 0 bridgehead atoms. The first-order chi connectivity index (χ1) is 7.51. The van der Waals surface area contributed by atoms with Crippen molar-refractivity contribution < 1.29 is 0 Å². The summed E-state index contributed by atoms with van der Waals surface area (Å²) in [5.74, 6) is 0. The summed E-state index contributed by atoms with van der Waals surface area (Å²) in [6.45, 7) is 5.70. The van der Waals surface area contributed by atoms with E-state index in [2.05, 4.69) is 37.9 Å². The molecule has 2 nitrogen and oxygen atoms in total. The third-order valence-corrected chi connectivity index (χ3v) is 4.09. The first-order valence-electron chi connectivity index (χ1n) is 6.06. The van der Waals surface area contributed by atoms with Crippen molar-refractivity contribution in [3.05, 3.63) is 29.8 Å². The summed E-state index contributed by atoms with van der Waals surface area (Å²) in [5.41, 5.74) is 8.50. The SMILES string of the molecule is CC(N(C)Cc1cccc(N)c1)C1(C)CC1.Cl. The van der Waals surface area contributed by atoms with Crippen molar-refractivity contribution in [2.45, 2.75) is 39.3 Å². The number of rotatable bonds is 4. The van der Waals surface area contributed by atoms with Crippen LogP contribution < -0.4 is 5.73 Å². The topological polar surface area (TPSA) is 29.3 Å². The first kappa shape index (κ1) is 14.3. The molecule has 0 radical (unpaired) electrons. The lowest BCUT2D eigenvalue weighted by atomic mass is 9.99. The predicted molar refractivity (Wildman–Crippen MR) is 76.4 cm³/mol. The van der Waals surface area contributed by atoms with Crippen LogP contribution in [0.4, 0.5) is 5.69 Å². The van der Waals surface area contributed by atoms with Crippen LogP contribution in [-0.4, -0.2) is 18.0 Å². The van der Waals surface area contributed by atoms with Gasteiger partial charge in [0.05, 0.1) is 0 Å². The molecule has 1 unspecified atom stereocenters. The maximum atomic E-state index is 5.79. The highest BCUT2D eigenvalue weighted by molar-refractivity contribution is 5.85. The van der Waals surface area contributed by atoms with E-state index in [1.54, 1.807) is 0 Å². The lowest BCUT2D eigenvalue weighted by Gasteiger charge is -2.30. The largest absolute Gasteiger partial charge is 0.399 e. The van der Waals surface area contributed by atoms with Crippen LogP contribution in [0.3, 0.4) is 0 Å². The van der Waals surface area contributed by atoms with Crippen molar-refractivity contribution in [1.82, 2.24) is 4.90 Å². The molecule has 1 fully saturated rings. The summed E-state index contributed by atoms with van der Waals surface area (Å²) in [6, 6.07) is 8.83. The smallest absolute Gasteiger partial charge is 0.0317 e. The zero-order chi connectivity index (χ0) is 11.8. The number of nitrogens with two attached hydrogens (primary N) is 1. The van der Waals surface area contributed by atoms with Gasteiger partial charge in [-0.3, -0.25) is 4.90 Å². The molecule has 1 saturated carbocycles. The molecule has 1 aromatic carbocycles. The molecule has 1 aliphatic rings. The Morgan fingerprint density at radius 3 is 2.59 bits per heavy atom. The Morgan fingerprint density at radius 1 is 1.41 bits per heavy atom. The number of anilines is 1. The number of nitrogen functional groups attached to an aromatic ring is 1. The average Bonchev–Trinajstić information content (AvgIpc) is 2.96. The Hall–Kier alpha value is -0.730. The third kappa shape index (κ3) is 3.36. The third-order valence-electron chi connectivity index (χ3n) is 4.09. The van der Waals surface area contributed by atoms with Gasteiger partial charge in [0.2, 0.25) is 0 Å². The van der Waals surface area contributed by atoms with Gasteiger partial charge in [-0.25, -0.2) is 0 Å². The van der Waals surface area contributed by atoms with Crippen LogP contribution in [0.5, 0.6) is 0 Å². The van der Waals surface area contributed by atoms with E-state index in [-0.39, 0.29) is 12.4 Å². The van der Waals surface area contributed by atoms with Gasteiger partial charge in [0.1, 0.15) is 0 Å². The van der Waals surface area contributed by atoms with Crippen LogP contribution >= 0.6 is 12.4 Å². The summed E-state index contributed by atoms with van der Waals surface area (Å²) in [5, 5.41) is 0. The van der Waals surface area contributed by atoms with Crippen molar-refractivity contribution >= 4 is 18.1 Å². The van der Waals surface area contributed by atoms with Crippen molar-refractivity contribution in [2.75, 3.05) is 12.8 Å². The van der Waals surface area contributed by atoms with E-state index in [9.17, 15) is 0 Å². The number of halogens is 1. The average molecular weight is 255 g/mol. The van der Waals surface area contributed by atoms with E-state index in [4.69, 9.17) is 5.73 Å². The van der Waals surface area contributed by atoms with E-state index in [0.717, 1.165) is 12.2 Å². The Balaban J connectivity index is 0.00000144. The van der Waals surface area contributed by atoms with Gasteiger partial charge in [-0.05, 0) is 49.9 Å². The lowest BCUT2D eigenvalue weighted by Crippen LogP contribution is -2.34. The molecule has 0 aliphatic heterocycles. The van der Waals surface area contributed by atoms with Gasteiger partial charge < -0.3 is 5.73 Å². The predicted octanol–water partition coefficient (Wildman–Crippen LogP) is 3.31. The molecule has 0 saturated heterocycles. The van der Waals surface area contributed by atoms with Gasteiger partial charge in [-0.1, -0.05) is 19.1 Å². The standard InChI is InChI=1S/C14H22N2.ClH/c1-11(14(2)7-8-14)16(3)10-12-5-4-6-13(15)9-12;/h4-6,9,11H,7-8,10,15H2,1-3H3;1H. The monoisotopic (exact) mass is 254 g/mol. The number of hydrogen-bond donors (Lipinski definition) is 1. The molecule has 96 valence electrons. The fraction of sp³-hybridized carbons (Fsp3) is 0.571. The molecule has 0 heterocycles. The molecular weight excluding hydrogens is 232 g/mol. The molecule has 17 heavy (non-hydrogen) atoms. The van der Waals surface area contributed by atoms with Crippen molar-refractivity contribution in [1.29, 1.82) is 0 Å². The van der Waals surface area contributed by atoms with Crippen molar-refractivity contribution in [3.63, 3.8) is 0 Å². The normalized spacial score (nSPS) is 18.6. The van der Waals surface area contributed by atoms with Crippen LogP contribution in [0.25, 0.3) is 0 Å². The van der Waals surface area contributed by atoms with Crippen LogP contribution in [-0.2, 0) is 6.54 Å². The summed E-state index contributed by atoms with van der Waals surface area (Å²) < 4.78 is 0. The Labute approximate surface area is 111 Å². The minimum atomic E-state index is 0. The van der Waals surface area contributed by atoms with Crippen molar-refractivity contribution in [3.8, 4) is 0 Å². The quantitative estimate of drug-likeness (QED) is 0.836. The molecule has 0 aromatic heterocycles. The maximum Gasteiger partial charge on any atom is 0.0317 e. The fourth-order valence-electron chi connectivity index (χ4n) is 2.26. The molecule has 3 heteroatoms. The Kier molecular flexibility index (Phi) is 4.45. The summed E-state index contributed by atoms with van der Waals surface area (Å²) >= 11 is 0. The fourth-order valence-corrected chi connectivity index (χ4v) is 2.26. The Morgan fingerprint density at radius 2 is 2.06 bits per heavy atom. The highest BCUT2D eigenvalue weighted by Crippen LogP contribution is 2.49. The summed E-state index contributed by atoms with van der Waals surface area (Å²) in [7, 11) is 2.21. The van der Waals surface area contributed by atoms with E-state index >= 15 is 0 Å². The molecule has 0 amide bonds. The van der Waals surface area contributed by atoms with Gasteiger partial charge in [0.25, 0.3) is 0 Å². The van der Waals surface area contributed by atoms with Gasteiger partial charge >= 0.3 is 0 Å². The van der Waals surface area contributed by atoms with Crippen LogP contribution in [0.15, 0.2) is 24.3 Å².